The molecule has 0 spiro atoms. The van der Waals surface area contributed by atoms with Gasteiger partial charge in [-0.3, -0.25) is 4.79 Å². The number of halogens is 1. The predicted octanol–water partition coefficient (Wildman–Crippen LogP) is 4.21. The molecule has 3 nitrogen and oxygen atoms in total. The van der Waals surface area contributed by atoms with Crippen LogP contribution in [0.15, 0.2) is 30.3 Å². The lowest BCUT2D eigenvalue weighted by atomic mass is 10.1. The van der Waals surface area contributed by atoms with Gasteiger partial charge in [0.2, 0.25) is 0 Å². The zero-order chi connectivity index (χ0) is 14.7. The highest BCUT2D eigenvalue weighted by molar-refractivity contribution is 7.16. The Morgan fingerprint density at radius 2 is 2.10 bits per heavy atom. The van der Waals surface area contributed by atoms with Crippen molar-refractivity contribution in [2.45, 2.75) is 19.9 Å². The van der Waals surface area contributed by atoms with Crippen LogP contribution in [0.1, 0.15) is 33.8 Å². The van der Waals surface area contributed by atoms with Crippen molar-refractivity contribution in [1.82, 2.24) is 5.32 Å². The van der Waals surface area contributed by atoms with Gasteiger partial charge in [0.15, 0.2) is 0 Å². The van der Waals surface area contributed by atoms with Gasteiger partial charge in [-0.25, -0.2) is 0 Å². The fourth-order valence-corrected chi connectivity index (χ4v) is 2.94. The molecule has 0 bridgehead atoms. The van der Waals surface area contributed by atoms with E-state index >= 15 is 0 Å². The molecule has 1 aromatic heterocycles. The lowest BCUT2D eigenvalue weighted by Crippen LogP contribution is -2.26. The maximum absolute atomic E-state index is 12.2. The minimum absolute atomic E-state index is 0.0766. The van der Waals surface area contributed by atoms with Crippen molar-refractivity contribution in [3.8, 4) is 5.75 Å². The second-order valence-corrected chi connectivity index (χ2v) is 6.27. The Morgan fingerprint density at radius 1 is 1.35 bits per heavy atom. The first-order chi connectivity index (χ1) is 9.51. The van der Waals surface area contributed by atoms with Crippen LogP contribution in [0.5, 0.6) is 5.75 Å². The molecular weight excluding hydrogens is 294 g/mol. The van der Waals surface area contributed by atoms with E-state index < -0.39 is 0 Å². The van der Waals surface area contributed by atoms with Crippen LogP contribution in [-0.2, 0) is 0 Å². The topological polar surface area (TPSA) is 38.3 Å². The summed E-state index contributed by atoms with van der Waals surface area (Å²) in [5.74, 6) is 0.588. The van der Waals surface area contributed by atoms with Gasteiger partial charge < -0.3 is 10.1 Å². The molecule has 1 heterocycles. The van der Waals surface area contributed by atoms with Gasteiger partial charge in [-0.05, 0) is 43.7 Å². The van der Waals surface area contributed by atoms with E-state index in [2.05, 4.69) is 5.32 Å². The van der Waals surface area contributed by atoms with Crippen molar-refractivity contribution in [2.24, 2.45) is 0 Å². The number of rotatable bonds is 4. The number of hydrogen-bond donors (Lipinski definition) is 1. The summed E-state index contributed by atoms with van der Waals surface area (Å²) in [7, 11) is 1.60. The van der Waals surface area contributed by atoms with Crippen molar-refractivity contribution < 1.29 is 9.53 Å². The largest absolute Gasteiger partial charge is 0.496 e. The van der Waals surface area contributed by atoms with Gasteiger partial charge in [0, 0.05) is 10.4 Å². The van der Waals surface area contributed by atoms with E-state index in [-0.39, 0.29) is 11.9 Å². The number of hydrogen-bond acceptors (Lipinski definition) is 3. The van der Waals surface area contributed by atoms with E-state index in [1.165, 1.54) is 11.3 Å². The van der Waals surface area contributed by atoms with E-state index in [4.69, 9.17) is 16.3 Å². The van der Waals surface area contributed by atoms with Crippen molar-refractivity contribution in [3.63, 3.8) is 0 Å². The molecule has 2 rings (SSSR count). The molecule has 2 aromatic rings. The van der Waals surface area contributed by atoms with Gasteiger partial charge in [0.25, 0.3) is 5.91 Å². The van der Waals surface area contributed by atoms with Crippen molar-refractivity contribution in [1.29, 1.82) is 0 Å². The molecule has 0 saturated heterocycles. The SMILES string of the molecule is COc1cc(C(=O)N[C@@H](C)c2ccc(Cl)s2)ccc1C. The second-order valence-electron chi connectivity index (χ2n) is 4.52. The molecular formula is C15H16ClNO2S. The van der Waals surface area contributed by atoms with Crippen LogP contribution in [0.3, 0.4) is 0 Å². The van der Waals surface area contributed by atoms with E-state index in [1.54, 1.807) is 19.2 Å². The zero-order valence-electron chi connectivity index (χ0n) is 11.6. The number of methoxy groups -OCH3 is 1. The minimum Gasteiger partial charge on any atom is -0.496 e. The van der Waals surface area contributed by atoms with Crippen LogP contribution in [0.2, 0.25) is 4.34 Å². The van der Waals surface area contributed by atoms with E-state index in [1.807, 2.05) is 32.0 Å². The summed E-state index contributed by atoms with van der Waals surface area (Å²) in [6.45, 7) is 3.88. The molecule has 0 aliphatic carbocycles. The number of aryl methyl sites for hydroxylation is 1. The van der Waals surface area contributed by atoms with Crippen molar-refractivity contribution >= 4 is 28.8 Å². The first-order valence-electron chi connectivity index (χ1n) is 6.22. The van der Waals surface area contributed by atoms with Crippen molar-refractivity contribution in [3.05, 3.63) is 50.7 Å². The average Bonchev–Trinajstić information content (AvgIpc) is 2.86. The molecule has 0 fully saturated rings. The van der Waals surface area contributed by atoms with Gasteiger partial charge in [0.05, 0.1) is 17.5 Å². The van der Waals surface area contributed by atoms with Crippen LogP contribution in [0.25, 0.3) is 0 Å². The quantitative estimate of drug-likeness (QED) is 0.918. The highest BCUT2D eigenvalue weighted by atomic mass is 35.5. The standard InChI is InChI=1S/C15H16ClNO2S/c1-9-4-5-11(8-12(9)19-3)15(18)17-10(2)13-6-7-14(16)20-13/h4-8,10H,1-3H3,(H,17,18)/t10-/m0/s1. The molecule has 0 saturated carbocycles. The molecule has 1 amide bonds. The summed E-state index contributed by atoms with van der Waals surface area (Å²) in [6.07, 6.45) is 0. The molecule has 1 atom stereocenters. The lowest BCUT2D eigenvalue weighted by molar-refractivity contribution is 0.0940. The molecule has 106 valence electrons. The highest BCUT2D eigenvalue weighted by Crippen LogP contribution is 2.27. The van der Waals surface area contributed by atoms with Gasteiger partial charge in [0.1, 0.15) is 5.75 Å². The summed E-state index contributed by atoms with van der Waals surface area (Å²) in [5.41, 5.74) is 1.59. The van der Waals surface area contributed by atoms with Crippen LogP contribution in [0.4, 0.5) is 0 Å². The Labute approximate surface area is 127 Å². The Balaban J connectivity index is 2.12. The normalized spacial score (nSPS) is 12.0. The maximum Gasteiger partial charge on any atom is 0.251 e. The van der Waals surface area contributed by atoms with Gasteiger partial charge >= 0.3 is 0 Å². The van der Waals surface area contributed by atoms with Crippen LogP contribution < -0.4 is 10.1 Å². The lowest BCUT2D eigenvalue weighted by Gasteiger charge is -2.13. The third-order valence-electron chi connectivity index (χ3n) is 3.04. The van der Waals surface area contributed by atoms with Crippen LogP contribution in [-0.4, -0.2) is 13.0 Å². The highest BCUT2D eigenvalue weighted by Gasteiger charge is 2.14. The second kappa shape index (κ2) is 6.29. The molecule has 5 heteroatoms. The van der Waals surface area contributed by atoms with E-state index in [0.717, 1.165) is 14.8 Å². The van der Waals surface area contributed by atoms with Crippen molar-refractivity contribution in [2.75, 3.05) is 7.11 Å². The number of thiophene rings is 1. The number of benzene rings is 1. The summed E-state index contributed by atoms with van der Waals surface area (Å²) in [5, 5.41) is 2.95. The Kier molecular flexibility index (Phi) is 4.68. The first-order valence-corrected chi connectivity index (χ1v) is 7.41. The average molecular weight is 310 g/mol. The van der Waals surface area contributed by atoms with Crippen LogP contribution >= 0.6 is 22.9 Å². The van der Waals surface area contributed by atoms with Gasteiger partial charge in [-0.15, -0.1) is 11.3 Å². The van der Waals surface area contributed by atoms with E-state index in [0.29, 0.717) is 11.3 Å². The molecule has 20 heavy (non-hydrogen) atoms. The third kappa shape index (κ3) is 3.32. The molecule has 1 N–H and O–H groups in total. The fourth-order valence-electron chi connectivity index (χ4n) is 1.87. The number of amides is 1. The summed E-state index contributed by atoms with van der Waals surface area (Å²) in [6, 6.07) is 9.10. The number of ether oxygens (including phenoxy) is 1. The van der Waals surface area contributed by atoms with E-state index in [9.17, 15) is 4.79 Å². The monoisotopic (exact) mass is 309 g/mol. The van der Waals surface area contributed by atoms with Crippen LogP contribution in [0, 0.1) is 6.92 Å². The number of carbonyl (C=O) groups is 1. The summed E-state index contributed by atoms with van der Waals surface area (Å²) < 4.78 is 5.95. The zero-order valence-corrected chi connectivity index (χ0v) is 13.1. The third-order valence-corrected chi connectivity index (χ3v) is 4.45. The molecule has 0 aliphatic rings. The Hall–Kier alpha value is -1.52. The number of carbonyl (C=O) groups excluding carboxylic acids is 1. The Bertz CT molecular complexity index is 624. The first kappa shape index (κ1) is 14.9. The summed E-state index contributed by atoms with van der Waals surface area (Å²) >= 11 is 7.37. The molecule has 0 unspecified atom stereocenters. The summed E-state index contributed by atoms with van der Waals surface area (Å²) in [4.78, 5) is 13.2. The molecule has 0 radical (unpaired) electrons. The van der Waals surface area contributed by atoms with Gasteiger partial charge in [-0.1, -0.05) is 17.7 Å². The Morgan fingerprint density at radius 3 is 2.70 bits per heavy atom. The minimum atomic E-state index is -0.125. The number of nitrogens with one attached hydrogen (secondary N) is 1. The smallest absolute Gasteiger partial charge is 0.251 e. The predicted molar refractivity (Wildman–Crippen MR) is 82.9 cm³/mol. The maximum atomic E-state index is 12.2. The fraction of sp³-hybridized carbons (Fsp3) is 0.267. The van der Waals surface area contributed by atoms with Gasteiger partial charge in [-0.2, -0.15) is 0 Å². The molecule has 1 aromatic carbocycles. The molecule has 0 aliphatic heterocycles.